The quantitative estimate of drug-likeness (QED) is 0.890. The first-order chi connectivity index (χ1) is 9.05. The lowest BCUT2D eigenvalue weighted by molar-refractivity contribution is 0.224. The zero-order valence-electron chi connectivity index (χ0n) is 11.2. The summed E-state index contributed by atoms with van der Waals surface area (Å²) in [6, 6.07) is 16.1. The van der Waals surface area contributed by atoms with Gasteiger partial charge < -0.3 is 10.4 Å². The summed E-state index contributed by atoms with van der Waals surface area (Å²) in [4.78, 5) is 0. The summed E-state index contributed by atoms with van der Waals surface area (Å²) >= 11 is 3.43. The summed E-state index contributed by atoms with van der Waals surface area (Å²) in [5, 5.41) is 13.2. The first-order valence-corrected chi connectivity index (χ1v) is 7.05. The van der Waals surface area contributed by atoms with E-state index in [4.69, 9.17) is 0 Å². The van der Waals surface area contributed by atoms with Crippen molar-refractivity contribution in [2.45, 2.75) is 19.4 Å². The van der Waals surface area contributed by atoms with Crippen LogP contribution in [0.4, 0.5) is 5.69 Å². The molecule has 0 fully saturated rings. The van der Waals surface area contributed by atoms with Crippen molar-refractivity contribution in [3.8, 4) is 0 Å². The van der Waals surface area contributed by atoms with Crippen molar-refractivity contribution in [3.05, 3.63) is 64.1 Å². The number of hydrogen-bond donors (Lipinski definition) is 2. The molecule has 3 heteroatoms. The largest absolute Gasteiger partial charge is 0.394 e. The fraction of sp³-hybridized carbons (Fsp3) is 0.250. The van der Waals surface area contributed by atoms with Crippen molar-refractivity contribution in [3.63, 3.8) is 0 Å². The molecule has 2 N–H and O–H groups in total. The summed E-state index contributed by atoms with van der Waals surface area (Å²) in [6.45, 7) is 4.09. The Morgan fingerprint density at radius 1 is 1.11 bits per heavy atom. The Hall–Kier alpha value is -1.32. The highest BCUT2D eigenvalue weighted by Crippen LogP contribution is 2.28. The van der Waals surface area contributed by atoms with Crippen molar-refractivity contribution < 1.29 is 5.11 Å². The molecule has 0 heterocycles. The fourth-order valence-corrected chi connectivity index (χ4v) is 2.30. The van der Waals surface area contributed by atoms with Gasteiger partial charge in [0.2, 0.25) is 0 Å². The fourth-order valence-electron chi connectivity index (χ4n) is 2.03. The normalized spacial score (nSPS) is 13.9. The molecule has 0 saturated heterocycles. The van der Waals surface area contributed by atoms with Gasteiger partial charge in [0.05, 0.1) is 12.1 Å². The third kappa shape index (κ3) is 3.17. The molecule has 2 rings (SSSR count). The van der Waals surface area contributed by atoms with E-state index in [1.54, 1.807) is 0 Å². The van der Waals surface area contributed by atoms with Crippen LogP contribution in [-0.2, 0) is 5.54 Å². The lowest BCUT2D eigenvalue weighted by Gasteiger charge is -2.31. The smallest absolute Gasteiger partial charge is 0.0828 e. The summed E-state index contributed by atoms with van der Waals surface area (Å²) in [6.07, 6.45) is 0. The highest BCUT2D eigenvalue weighted by molar-refractivity contribution is 9.10. The van der Waals surface area contributed by atoms with Crippen LogP contribution in [0.5, 0.6) is 0 Å². The van der Waals surface area contributed by atoms with Crippen LogP contribution >= 0.6 is 15.9 Å². The standard InChI is InChI=1S/C16H18BrNO/c1-12-5-3-4-6-15(12)18-16(2,11-19)13-7-9-14(17)10-8-13/h3-10,18-19H,11H2,1-2H3. The van der Waals surface area contributed by atoms with Gasteiger partial charge in [0.1, 0.15) is 0 Å². The van der Waals surface area contributed by atoms with Crippen molar-refractivity contribution >= 4 is 21.6 Å². The Morgan fingerprint density at radius 3 is 2.32 bits per heavy atom. The molecule has 0 saturated carbocycles. The number of para-hydroxylation sites is 1. The molecular formula is C16H18BrNO. The Kier molecular flexibility index (Phi) is 4.27. The molecule has 1 atom stereocenters. The van der Waals surface area contributed by atoms with Crippen molar-refractivity contribution in [2.75, 3.05) is 11.9 Å². The lowest BCUT2D eigenvalue weighted by atomic mass is 9.92. The van der Waals surface area contributed by atoms with E-state index in [1.807, 2.05) is 49.4 Å². The van der Waals surface area contributed by atoms with Crippen LogP contribution in [0, 0.1) is 6.92 Å². The van der Waals surface area contributed by atoms with Crippen LogP contribution in [0.1, 0.15) is 18.1 Å². The Balaban J connectivity index is 2.33. The van der Waals surface area contributed by atoms with Gasteiger partial charge in [0, 0.05) is 10.2 Å². The number of nitrogens with one attached hydrogen (secondary N) is 1. The van der Waals surface area contributed by atoms with Crippen LogP contribution < -0.4 is 5.32 Å². The van der Waals surface area contributed by atoms with Crippen LogP contribution in [0.15, 0.2) is 53.0 Å². The summed E-state index contributed by atoms with van der Waals surface area (Å²) in [5.74, 6) is 0. The van der Waals surface area contributed by atoms with Gasteiger partial charge >= 0.3 is 0 Å². The number of aliphatic hydroxyl groups is 1. The molecule has 0 aromatic heterocycles. The Labute approximate surface area is 122 Å². The zero-order chi connectivity index (χ0) is 13.9. The lowest BCUT2D eigenvalue weighted by Crippen LogP contribution is -2.36. The van der Waals surface area contributed by atoms with E-state index in [-0.39, 0.29) is 6.61 Å². The first kappa shape index (κ1) is 14.1. The van der Waals surface area contributed by atoms with Crippen molar-refractivity contribution in [1.82, 2.24) is 0 Å². The molecule has 0 radical (unpaired) electrons. The molecule has 0 aliphatic rings. The summed E-state index contributed by atoms with van der Waals surface area (Å²) in [7, 11) is 0. The number of anilines is 1. The van der Waals surface area contributed by atoms with Gasteiger partial charge in [0.15, 0.2) is 0 Å². The molecule has 100 valence electrons. The number of halogens is 1. The molecule has 0 aliphatic carbocycles. The second-order valence-corrected chi connectivity index (χ2v) is 5.85. The summed E-state index contributed by atoms with van der Waals surface area (Å²) < 4.78 is 1.03. The molecule has 0 bridgehead atoms. The molecule has 2 aromatic rings. The van der Waals surface area contributed by atoms with Crippen molar-refractivity contribution in [1.29, 1.82) is 0 Å². The van der Waals surface area contributed by atoms with Gasteiger partial charge in [-0.2, -0.15) is 0 Å². The predicted molar refractivity (Wildman–Crippen MR) is 83.4 cm³/mol. The van der Waals surface area contributed by atoms with Crippen LogP contribution in [-0.4, -0.2) is 11.7 Å². The Bertz CT molecular complexity index is 553. The first-order valence-electron chi connectivity index (χ1n) is 6.26. The van der Waals surface area contributed by atoms with Gasteiger partial charge in [-0.1, -0.05) is 46.3 Å². The second-order valence-electron chi connectivity index (χ2n) is 4.94. The SMILES string of the molecule is Cc1ccccc1NC(C)(CO)c1ccc(Br)cc1. The minimum absolute atomic E-state index is 0.0307. The van der Waals surface area contributed by atoms with Gasteiger partial charge in [-0.05, 0) is 43.2 Å². The third-order valence-electron chi connectivity index (χ3n) is 3.35. The topological polar surface area (TPSA) is 32.3 Å². The average Bonchev–Trinajstić information content (AvgIpc) is 2.42. The van der Waals surface area contributed by atoms with E-state index in [1.165, 1.54) is 5.56 Å². The predicted octanol–water partition coefficient (Wildman–Crippen LogP) is 4.08. The number of aliphatic hydroxyl groups excluding tert-OH is 1. The number of aryl methyl sites for hydroxylation is 1. The maximum Gasteiger partial charge on any atom is 0.0828 e. The van der Waals surface area contributed by atoms with Gasteiger partial charge in [-0.15, -0.1) is 0 Å². The van der Waals surface area contributed by atoms with Crippen LogP contribution in [0.25, 0.3) is 0 Å². The van der Waals surface area contributed by atoms with E-state index in [0.717, 1.165) is 15.7 Å². The molecule has 1 unspecified atom stereocenters. The van der Waals surface area contributed by atoms with E-state index in [0.29, 0.717) is 0 Å². The maximum atomic E-state index is 9.79. The summed E-state index contributed by atoms with van der Waals surface area (Å²) in [5.41, 5.74) is 2.77. The van der Waals surface area contributed by atoms with E-state index < -0.39 is 5.54 Å². The van der Waals surface area contributed by atoms with Crippen LogP contribution in [0.3, 0.4) is 0 Å². The highest BCUT2D eigenvalue weighted by atomic mass is 79.9. The number of benzene rings is 2. The highest BCUT2D eigenvalue weighted by Gasteiger charge is 2.25. The minimum Gasteiger partial charge on any atom is -0.394 e. The minimum atomic E-state index is -0.493. The number of rotatable bonds is 4. The molecule has 0 aliphatic heterocycles. The monoisotopic (exact) mass is 319 g/mol. The molecule has 2 nitrogen and oxygen atoms in total. The Morgan fingerprint density at radius 2 is 1.74 bits per heavy atom. The maximum absolute atomic E-state index is 9.79. The van der Waals surface area contributed by atoms with E-state index in [9.17, 15) is 5.11 Å². The van der Waals surface area contributed by atoms with Gasteiger partial charge in [-0.3, -0.25) is 0 Å². The average molecular weight is 320 g/mol. The third-order valence-corrected chi connectivity index (χ3v) is 3.88. The van der Waals surface area contributed by atoms with Gasteiger partial charge in [-0.25, -0.2) is 0 Å². The molecular weight excluding hydrogens is 302 g/mol. The van der Waals surface area contributed by atoms with E-state index >= 15 is 0 Å². The molecule has 2 aromatic carbocycles. The van der Waals surface area contributed by atoms with Crippen LogP contribution in [0.2, 0.25) is 0 Å². The van der Waals surface area contributed by atoms with E-state index in [2.05, 4.69) is 34.2 Å². The zero-order valence-corrected chi connectivity index (χ0v) is 12.7. The van der Waals surface area contributed by atoms with Crippen molar-refractivity contribution in [2.24, 2.45) is 0 Å². The molecule has 0 amide bonds. The van der Waals surface area contributed by atoms with Gasteiger partial charge in [0.25, 0.3) is 0 Å². The second kappa shape index (κ2) is 5.76. The molecule has 0 spiro atoms. The molecule has 19 heavy (non-hydrogen) atoms. The number of hydrogen-bond acceptors (Lipinski definition) is 2.